The Hall–Kier alpha value is -1.49. The van der Waals surface area contributed by atoms with Crippen LogP contribution in [0.2, 0.25) is 0 Å². The number of ether oxygens (including phenoxy) is 1. The van der Waals surface area contributed by atoms with Crippen LogP contribution >= 0.6 is 0 Å². The van der Waals surface area contributed by atoms with Gasteiger partial charge in [-0.05, 0) is 30.9 Å². The summed E-state index contributed by atoms with van der Waals surface area (Å²) in [7, 11) is 1.60. The number of rotatable bonds is 7. The number of likely N-dealkylation sites (N-methyl/N-ethyl adjacent to an activating group) is 1. The molecular formula is C14H17F2NO2. The SMILES string of the molecule is CN(CCOCC1CC1)c1c(F)cc(C=O)cc1F. The number of nitrogens with zero attached hydrogens (tertiary/aromatic N) is 1. The highest BCUT2D eigenvalue weighted by Gasteiger charge is 2.21. The maximum absolute atomic E-state index is 13.7. The van der Waals surface area contributed by atoms with Crippen LogP contribution in [0.25, 0.3) is 0 Å². The molecule has 1 aromatic rings. The lowest BCUT2D eigenvalue weighted by molar-refractivity contribution is 0.112. The summed E-state index contributed by atoms with van der Waals surface area (Å²) in [4.78, 5) is 12.0. The molecule has 0 heterocycles. The molecule has 0 amide bonds. The highest BCUT2D eigenvalue weighted by atomic mass is 19.1. The maximum atomic E-state index is 13.7. The molecule has 5 heteroatoms. The van der Waals surface area contributed by atoms with Crippen LogP contribution in [0.15, 0.2) is 12.1 Å². The first kappa shape index (κ1) is 13.9. The van der Waals surface area contributed by atoms with Gasteiger partial charge >= 0.3 is 0 Å². The minimum Gasteiger partial charge on any atom is -0.379 e. The number of carbonyl (C=O) groups excluding carboxylic acids is 1. The molecule has 0 N–H and O–H groups in total. The number of aldehydes is 1. The molecule has 0 unspecified atom stereocenters. The van der Waals surface area contributed by atoms with E-state index in [-0.39, 0.29) is 11.3 Å². The summed E-state index contributed by atoms with van der Waals surface area (Å²) < 4.78 is 32.9. The van der Waals surface area contributed by atoms with Crippen LogP contribution in [0.5, 0.6) is 0 Å². The Morgan fingerprint density at radius 2 is 2.00 bits per heavy atom. The van der Waals surface area contributed by atoms with Gasteiger partial charge in [0.2, 0.25) is 0 Å². The van der Waals surface area contributed by atoms with E-state index in [4.69, 9.17) is 4.74 Å². The van der Waals surface area contributed by atoms with E-state index in [0.29, 0.717) is 25.4 Å². The van der Waals surface area contributed by atoms with Crippen molar-refractivity contribution in [1.29, 1.82) is 0 Å². The summed E-state index contributed by atoms with van der Waals surface area (Å²) in [6.45, 7) is 1.56. The molecule has 0 bridgehead atoms. The molecule has 104 valence electrons. The van der Waals surface area contributed by atoms with Gasteiger partial charge in [0.1, 0.15) is 23.6 Å². The minimum absolute atomic E-state index is 0.00265. The Morgan fingerprint density at radius 1 is 1.37 bits per heavy atom. The van der Waals surface area contributed by atoms with E-state index in [1.54, 1.807) is 7.05 Å². The summed E-state index contributed by atoms with van der Waals surface area (Å²) in [5.74, 6) is -0.788. The predicted octanol–water partition coefficient (Wildman–Crippen LogP) is 2.64. The average Bonchev–Trinajstić information content (AvgIpc) is 3.17. The molecule has 2 rings (SSSR count). The van der Waals surface area contributed by atoms with Crippen LogP contribution in [0, 0.1) is 17.6 Å². The standard InChI is InChI=1S/C14H17F2NO2/c1-17(4-5-19-9-10-2-3-10)14-12(15)6-11(8-18)7-13(14)16/h6-8,10H,2-5,9H2,1H3. The van der Waals surface area contributed by atoms with Crippen LogP contribution in [0.3, 0.4) is 0 Å². The van der Waals surface area contributed by atoms with Gasteiger partial charge in [-0.1, -0.05) is 0 Å². The number of hydrogen-bond donors (Lipinski definition) is 0. The second-order valence-electron chi connectivity index (χ2n) is 4.89. The first-order valence-electron chi connectivity index (χ1n) is 6.35. The lowest BCUT2D eigenvalue weighted by atomic mass is 10.2. The van der Waals surface area contributed by atoms with Gasteiger partial charge < -0.3 is 9.64 Å². The number of halogens is 2. The molecule has 0 radical (unpaired) electrons. The number of hydrogen-bond acceptors (Lipinski definition) is 3. The molecule has 0 aromatic heterocycles. The maximum Gasteiger partial charge on any atom is 0.150 e. The van der Waals surface area contributed by atoms with Crippen LogP contribution in [0.1, 0.15) is 23.2 Å². The fourth-order valence-corrected chi connectivity index (χ4v) is 1.87. The molecule has 0 atom stereocenters. The number of benzene rings is 1. The van der Waals surface area contributed by atoms with Crippen molar-refractivity contribution in [2.45, 2.75) is 12.8 Å². The lowest BCUT2D eigenvalue weighted by Gasteiger charge is -2.20. The first-order valence-corrected chi connectivity index (χ1v) is 6.35. The van der Waals surface area contributed by atoms with E-state index >= 15 is 0 Å². The molecule has 3 nitrogen and oxygen atoms in total. The van der Waals surface area contributed by atoms with Gasteiger partial charge in [-0.15, -0.1) is 0 Å². The molecule has 0 spiro atoms. The largest absolute Gasteiger partial charge is 0.379 e. The van der Waals surface area contributed by atoms with Gasteiger partial charge in [0.25, 0.3) is 0 Å². The summed E-state index contributed by atoms with van der Waals surface area (Å²) in [6.07, 6.45) is 2.85. The fourth-order valence-electron chi connectivity index (χ4n) is 1.87. The zero-order valence-electron chi connectivity index (χ0n) is 10.9. The molecule has 1 saturated carbocycles. The summed E-state index contributed by atoms with van der Waals surface area (Å²) >= 11 is 0. The quantitative estimate of drug-likeness (QED) is 0.563. The molecule has 1 fully saturated rings. The summed E-state index contributed by atoms with van der Waals surface area (Å²) in [6, 6.07) is 2.07. The highest BCUT2D eigenvalue weighted by molar-refractivity contribution is 5.76. The molecule has 0 aliphatic heterocycles. The predicted molar refractivity (Wildman–Crippen MR) is 68.6 cm³/mol. The van der Waals surface area contributed by atoms with Crippen molar-refractivity contribution in [3.8, 4) is 0 Å². The first-order chi connectivity index (χ1) is 9.11. The van der Waals surface area contributed by atoms with Crippen LogP contribution in [0.4, 0.5) is 14.5 Å². The Bertz CT molecular complexity index is 438. The van der Waals surface area contributed by atoms with Gasteiger partial charge in [0.15, 0.2) is 0 Å². The van der Waals surface area contributed by atoms with Crippen molar-refractivity contribution in [2.75, 3.05) is 31.7 Å². The van der Waals surface area contributed by atoms with E-state index < -0.39 is 11.6 Å². The van der Waals surface area contributed by atoms with Gasteiger partial charge in [0, 0.05) is 25.8 Å². The molecule has 1 aromatic carbocycles. The van der Waals surface area contributed by atoms with E-state index in [1.165, 1.54) is 17.7 Å². The van der Waals surface area contributed by atoms with Crippen molar-refractivity contribution in [2.24, 2.45) is 5.92 Å². The van der Waals surface area contributed by atoms with Crippen LogP contribution < -0.4 is 4.90 Å². The molecule has 1 aliphatic carbocycles. The monoisotopic (exact) mass is 269 g/mol. The van der Waals surface area contributed by atoms with Gasteiger partial charge in [-0.2, -0.15) is 0 Å². The van der Waals surface area contributed by atoms with Crippen LogP contribution in [-0.4, -0.2) is 33.1 Å². The second-order valence-corrected chi connectivity index (χ2v) is 4.89. The Morgan fingerprint density at radius 3 is 2.53 bits per heavy atom. The van der Waals surface area contributed by atoms with E-state index in [2.05, 4.69) is 0 Å². The highest BCUT2D eigenvalue weighted by Crippen LogP contribution is 2.28. The smallest absolute Gasteiger partial charge is 0.150 e. The number of carbonyl (C=O) groups is 1. The van der Waals surface area contributed by atoms with Crippen molar-refractivity contribution in [3.63, 3.8) is 0 Å². The Labute approximate surface area is 111 Å². The Balaban J connectivity index is 1.93. The molecular weight excluding hydrogens is 252 g/mol. The lowest BCUT2D eigenvalue weighted by Crippen LogP contribution is -2.25. The summed E-state index contributed by atoms with van der Waals surface area (Å²) in [5.41, 5.74) is -0.127. The third kappa shape index (κ3) is 3.73. The van der Waals surface area contributed by atoms with E-state index in [0.717, 1.165) is 18.7 Å². The van der Waals surface area contributed by atoms with E-state index in [1.807, 2.05) is 0 Å². The number of anilines is 1. The third-order valence-corrected chi connectivity index (χ3v) is 3.18. The summed E-state index contributed by atoms with van der Waals surface area (Å²) in [5, 5.41) is 0. The van der Waals surface area contributed by atoms with E-state index in [9.17, 15) is 13.6 Å². The fraction of sp³-hybridized carbons (Fsp3) is 0.500. The van der Waals surface area contributed by atoms with Crippen molar-refractivity contribution in [3.05, 3.63) is 29.3 Å². The molecule has 1 aliphatic rings. The zero-order chi connectivity index (χ0) is 13.8. The molecule has 19 heavy (non-hydrogen) atoms. The second kappa shape index (κ2) is 6.10. The minimum atomic E-state index is -0.730. The molecule has 0 saturated heterocycles. The third-order valence-electron chi connectivity index (χ3n) is 3.18. The zero-order valence-corrected chi connectivity index (χ0v) is 10.9. The van der Waals surface area contributed by atoms with Gasteiger partial charge in [0.05, 0.1) is 6.61 Å². The van der Waals surface area contributed by atoms with Crippen molar-refractivity contribution < 1.29 is 18.3 Å². The van der Waals surface area contributed by atoms with Gasteiger partial charge in [-0.25, -0.2) is 8.78 Å². The Kier molecular flexibility index (Phi) is 4.47. The topological polar surface area (TPSA) is 29.5 Å². The average molecular weight is 269 g/mol. The van der Waals surface area contributed by atoms with Crippen molar-refractivity contribution in [1.82, 2.24) is 0 Å². The normalized spacial score (nSPS) is 14.5. The van der Waals surface area contributed by atoms with Gasteiger partial charge in [-0.3, -0.25) is 4.79 Å². The van der Waals surface area contributed by atoms with Crippen molar-refractivity contribution >= 4 is 12.0 Å². The van der Waals surface area contributed by atoms with Crippen LogP contribution in [-0.2, 0) is 4.74 Å².